The SMILES string of the molecule is Cc1ccccc1NC(=O)CCC(=O)OCC(=O)Nc1ccc(Br)c(C)c1C. The number of carbonyl (C=O) groups is 3. The lowest BCUT2D eigenvalue weighted by Crippen LogP contribution is -2.22. The number of amides is 2. The van der Waals surface area contributed by atoms with Gasteiger partial charge in [-0.1, -0.05) is 34.1 Å². The molecule has 0 aliphatic rings. The van der Waals surface area contributed by atoms with Crippen LogP contribution in [0.5, 0.6) is 0 Å². The summed E-state index contributed by atoms with van der Waals surface area (Å²) < 4.78 is 5.91. The molecule has 0 radical (unpaired) electrons. The van der Waals surface area contributed by atoms with E-state index in [0.29, 0.717) is 11.4 Å². The molecule has 0 aromatic heterocycles. The number of esters is 1. The first kappa shape index (κ1) is 21.6. The van der Waals surface area contributed by atoms with Crippen molar-refractivity contribution in [1.29, 1.82) is 0 Å². The van der Waals surface area contributed by atoms with Crippen molar-refractivity contribution >= 4 is 45.1 Å². The molecule has 2 aromatic carbocycles. The van der Waals surface area contributed by atoms with Crippen molar-refractivity contribution in [2.24, 2.45) is 0 Å². The lowest BCUT2D eigenvalue weighted by Gasteiger charge is -2.12. The van der Waals surface area contributed by atoms with Crippen LogP contribution in [0.1, 0.15) is 29.5 Å². The molecule has 2 rings (SSSR count). The average Bonchev–Trinajstić information content (AvgIpc) is 2.67. The molecule has 148 valence electrons. The van der Waals surface area contributed by atoms with E-state index in [1.165, 1.54) is 0 Å². The molecule has 28 heavy (non-hydrogen) atoms. The number of rotatable bonds is 7. The van der Waals surface area contributed by atoms with Crippen LogP contribution in [-0.2, 0) is 19.1 Å². The molecule has 2 amide bonds. The Balaban J connectivity index is 1.75. The molecule has 7 heteroatoms. The Hall–Kier alpha value is -2.67. The van der Waals surface area contributed by atoms with Crippen molar-refractivity contribution in [2.75, 3.05) is 17.2 Å². The second kappa shape index (κ2) is 10.0. The van der Waals surface area contributed by atoms with Crippen LogP contribution < -0.4 is 10.6 Å². The van der Waals surface area contributed by atoms with Gasteiger partial charge >= 0.3 is 5.97 Å². The minimum Gasteiger partial charge on any atom is -0.456 e. The monoisotopic (exact) mass is 446 g/mol. The van der Waals surface area contributed by atoms with Crippen LogP contribution in [0.3, 0.4) is 0 Å². The molecule has 6 nitrogen and oxygen atoms in total. The number of halogens is 1. The van der Waals surface area contributed by atoms with E-state index in [0.717, 1.165) is 21.2 Å². The van der Waals surface area contributed by atoms with E-state index in [9.17, 15) is 14.4 Å². The van der Waals surface area contributed by atoms with Crippen molar-refractivity contribution in [3.63, 3.8) is 0 Å². The number of benzene rings is 2. The molecule has 0 spiro atoms. The summed E-state index contributed by atoms with van der Waals surface area (Å²) in [6, 6.07) is 11.0. The van der Waals surface area contributed by atoms with Gasteiger partial charge in [0.15, 0.2) is 6.61 Å². The largest absolute Gasteiger partial charge is 0.456 e. The Bertz CT molecular complexity index is 896. The Morgan fingerprint density at radius 1 is 0.857 bits per heavy atom. The maximum atomic E-state index is 12.0. The maximum absolute atomic E-state index is 12.0. The first-order valence-corrected chi connectivity index (χ1v) is 9.64. The number of hydrogen-bond acceptors (Lipinski definition) is 4. The first-order valence-electron chi connectivity index (χ1n) is 8.84. The van der Waals surface area contributed by atoms with Gasteiger partial charge in [0.25, 0.3) is 5.91 Å². The van der Waals surface area contributed by atoms with E-state index in [4.69, 9.17) is 4.74 Å². The standard InChI is InChI=1S/C21H23BrN2O4/c1-13-6-4-5-7-17(13)23-19(25)10-11-21(27)28-12-20(26)24-18-9-8-16(22)14(2)15(18)3/h4-9H,10-12H2,1-3H3,(H,23,25)(H,24,26). The number of hydrogen-bond donors (Lipinski definition) is 2. The average molecular weight is 447 g/mol. The summed E-state index contributed by atoms with van der Waals surface area (Å²) in [4.78, 5) is 35.7. The van der Waals surface area contributed by atoms with Crippen LogP contribution in [0.2, 0.25) is 0 Å². The van der Waals surface area contributed by atoms with E-state index in [1.807, 2.05) is 45.0 Å². The Morgan fingerprint density at radius 3 is 2.25 bits per heavy atom. The van der Waals surface area contributed by atoms with Crippen molar-refractivity contribution < 1.29 is 19.1 Å². The Labute approximate surface area is 172 Å². The molecule has 2 aromatic rings. The molecular formula is C21H23BrN2O4. The third-order valence-electron chi connectivity index (χ3n) is 4.33. The summed E-state index contributed by atoms with van der Waals surface area (Å²) >= 11 is 3.44. The summed E-state index contributed by atoms with van der Waals surface area (Å²) in [5.74, 6) is -1.31. The highest BCUT2D eigenvalue weighted by Crippen LogP contribution is 2.25. The fraction of sp³-hybridized carbons (Fsp3) is 0.286. The summed E-state index contributed by atoms with van der Waals surface area (Å²) in [5, 5.41) is 5.47. The zero-order chi connectivity index (χ0) is 20.7. The van der Waals surface area contributed by atoms with Gasteiger partial charge in [0.1, 0.15) is 0 Å². The Kier molecular flexibility index (Phi) is 7.75. The molecule has 0 bridgehead atoms. The highest BCUT2D eigenvalue weighted by Gasteiger charge is 2.13. The van der Waals surface area contributed by atoms with Crippen molar-refractivity contribution in [2.45, 2.75) is 33.6 Å². The number of para-hydroxylation sites is 1. The lowest BCUT2D eigenvalue weighted by molar-refractivity contribution is -0.147. The molecule has 2 N–H and O–H groups in total. The highest BCUT2D eigenvalue weighted by atomic mass is 79.9. The fourth-order valence-corrected chi connectivity index (χ4v) is 2.90. The zero-order valence-electron chi connectivity index (χ0n) is 16.1. The quantitative estimate of drug-likeness (QED) is 0.621. The second-order valence-electron chi connectivity index (χ2n) is 6.42. The number of carbonyl (C=O) groups excluding carboxylic acids is 3. The van der Waals surface area contributed by atoms with Gasteiger partial charge in [-0.25, -0.2) is 0 Å². The van der Waals surface area contributed by atoms with E-state index in [1.54, 1.807) is 12.1 Å². The first-order chi connectivity index (χ1) is 13.3. The number of ether oxygens (including phenoxy) is 1. The van der Waals surface area contributed by atoms with Crippen LogP contribution in [0.4, 0.5) is 11.4 Å². The van der Waals surface area contributed by atoms with Gasteiger partial charge in [-0.2, -0.15) is 0 Å². The predicted octanol–water partition coefficient (Wildman–Crippen LogP) is 4.27. The van der Waals surface area contributed by atoms with Gasteiger partial charge in [-0.3, -0.25) is 14.4 Å². The molecule has 0 aliphatic heterocycles. The van der Waals surface area contributed by atoms with Gasteiger partial charge in [-0.05, 0) is 55.7 Å². The predicted molar refractivity (Wildman–Crippen MR) is 112 cm³/mol. The van der Waals surface area contributed by atoms with Crippen molar-refractivity contribution in [3.8, 4) is 0 Å². The third kappa shape index (κ3) is 6.20. The van der Waals surface area contributed by atoms with Crippen LogP contribution >= 0.6 is 15.9 Å². The van der Waals surface area contributed by atoms with Gasteiger partial charge < -0.3 is 15.4 Å². The fourth-order valence-electron chi connectivity index (χ4n) is 2.47. The van der Waals surface area contributed by atoms with Crippen LogP contribution in [0.25, 0.3) is 0 Å². The minimum absolute atomic E-state index is 0.0141. The lowest BCUT2D eigenvalue weighted by atomic mass is 10.1. The van der Waals surface area contributed by atoms with Crippen LogP contribution in [0, 0.1) is 20.8 Å². The zero-order valence-corrected chi connectivity index (χ0v) is 17.7. The van der Waals surface area contributed by atoms with Gasteiger partial charge in [0, 0.05) is 22.3 Å². The molecule has 0 saturated heterocycles. The molecule has 0 fully saturated rings. The Morgan fingerprint density at radius 2 is 1.54 bits per heavy atom. The van der Waals surface area contributed by atoms with E-state index >= 15 is 0 Å². The number of aryl methyl sites for hydroxylation is 1. The molecular weight excluding hydrogens is 424 g/mol. The smallest absolute Gasteiger partial charge is 0.306 e. The summed E-state index contributed by atoms with van der Waals surface area (Å²) in [5.41, 5.74) is 4.27. The molecule has 0 unspecified atom stereocenters. The van der Waals surface area contributed by atoms with E-state index in [2.05, 4.69) is 26.6 Å². The molecule has 0 atom stereocenters. The number of nitrogens with one attached hydrogen (secondary N) is 2. The van der Waals surface area contributed by atoms with Crippen molar-refractivity contribution in [3.05, 3.63) is 57.6 Å². The third-order valence-corrected chi connectivity index (χ3v) is 5.19. The van der Waals surface area contributed by atoms with Gasteiger partial charge in [-0.15, -0.1) is 0 Å². The summed E-state index contributed by atoms with van der Waals surface area (Å²) in [7, 11) is 0. The van der Waals surface area contributed by atoms with E-state index < -0.39 is 18.5 Å². The normalized spacial score (nSPS) is 10.3. The maximum Gasteiger partial charge on any atom is 0.306 e. The molecule has 0 saturated carbocycles. The second-order valence-corrected chi connectivity index (χ2v) is 7.27. The topological polar surface area (TPSA) is 84.5 Å². The van der Waals surface area contributed by atoms with E-state index in [-0.39, 0.29) is 18.7 Å². The minimum atomic E-state index is -0.598. The highest BCUT2D eigenvalue weighted by molar-refractivity contribution is 9.10. The van der Waals surface area contributed by atoms with Gasteiger partial charge in [0.05, 0.1) is 6.42 Å². The molecule has 0 heterocycles. The number of anilines is 2. The summed E-state index contributed by atoms with van der Waals surface area (Å²) in [6.07, 6.45) is -0.110. The summed E-state index contributed by atoms with van der Waals surface area (Å²) in [6.45, 7) is 5.33. The molecule has 0 aliphatic carbocycles. The van der Waals surface area contributed by atoms with Crippen LogP contribution in [0.15, 0.2) is 40.9 Å². The van der Waals surface area contributed by atoms with Crippen LogP contribution in [-0.4, -0.2) is 24.4 Å². The van der Waals surface area contributed by atoms with Gasteiger partial charge in [0.2, 0.25) is 5.91 Å². The van der Waals surface area contributed by atoms with Crippen molar-refractivity contribution in [1.82, 2.24) is 0 Å².